The van der Waals surface area contributed by atoms with Crippen molar-refractivity contribution < 1.29 is 0 Å². The van der Waals surface area contributed by atoms with Crippen LogP contribution in [0.25, 0.3) is 0 Å². The summed E-state index contributed by atoms with van der Waals surface area (Å²) in [5, 5.41) is 3.34. The molecule has 0 heterocycles. The number of nitrogens with zero attached hydrogens (tertiary/aromatic N) is 1. The number of rotatable bonds is 8. The van der Waals surface area contributed by atoms with Crippen LogP contribution in [0.3, 0.4) is 0 Å². The quantitative estimate of drug-likeness (QED) is 0.686. The summed E-state index contributed by atoms with van der Waals surface area (Å²) in [6.07, 6.45) is 3.75. The van der Waals surface area contributed by atoms with Gasteiger partial charge >= 0.3 is 0 Å². The Hall–Kier alpha value is -0.0800. The average Bonchev–Trinajstić information content (AvgIpc) is 2.18. The first-order valence-corrected chi connectivity index (χ1v) is 6.67. The average molecular weight is 228 g/mol. The second-order valence-electron chi connectivity index (χ2n) is 6.11. The van der Waals surface area contributed by atoms with Crippen LogP contribution < -0.4 is 5.32 Å². The van der Waals surface area contributed by atoms with E-state index in [2.05, 4.69) is 58.9 Å². The third-order valence-corrected chi connectivity index (χ3v) is 3.97. The first-order valence-electron chi connectivity index (χ1n) is 6.67. The van der Waals surface area contributed by atoms with Gasteiger partial charge in [0, 0.05) is 18.6 Å². The number of nitrogens with one attached hydrogen (secondary N) is 1. The lowest BCUT2D eigenvalue weighted by molar-refractivity contribution is 0.0849. The molecule has 0 rings (SSSR count). The van der Waals surface area contributed by atoms with Gasteiger partial charge in [-0.15, -0.1) is 0 Å². The van der Waals surface area contributed by atoms with E-state index < -0.39 is 0 Å². The lowest BCUT2D eigenvalue weighted by atomic mass is 9.83. The highest BCUT2D eigenvalue weighted by Crippen LogP contribution is 2.27. The molecule has 1 unspecified atom stereocenters. The van der Waals surface area contributed by atoms with Crippen molar-refractivity contribution in [3.05, 3.63) is 0 Å². The Kier molecular flexibility index (Phi) is 6.57. The molecule has 0 bridgehead atoms. The van der Waals surface area contributed by atoms with E-state index in [1.54, 1.807) is 0 Å². The molecule has 0 aromatic heterocycles. The normalized spacial score (nSPS) is 16.5. The third-order valence-electron chi connectivity index (χ3n) is 3.97. The minimum atomic E-state index is 0.308. The molecule has 1 atom stereocenters. The molecule has 2 nitrogen and oxygen atoms in total. The number of hydrogen-bond acceptors (Lipinski definition) is 2. The lowest BCUT2D eigenvalue weighted by Crippen LogP contribution is -2.48. The summed E-state index contributed by atoms with van der Waals surface area (Å²) in [5.41, 5.74) is 0.702. The van der Waals surface area contributed by atoms with Crippen LogP contribution in [-0.4, -0.2) is 37.6 Å². The fraction of sp³-hybridized carbons (Fsp3) is 1.00. The molecule has 0 aliphatic heterocycles. The molecular weight excluding hydrogens is 196 g/mol. The van der Waals surface area contributed by atoms with E-state index in [1.807, 2.05) is 0 Å². The summed E-state index contributed by atoms with van der Waals surface area (Å²) in [6, 6.07) is 0. The molecule has 2 heteroatoms. The molecule has 1 N–H and O–H groups in total. The molecular formula is C14H32N2. The smallest absolute Gasteiger partial charge is 0.0147 e. The monoisotopic (exact) mass is 228 g/mol. The van der Waals surface area contributed by atoms with E-state index in [1.165, 1.54) is 25.8 Å². The van der Waals surface area contributed by atoms with Crippen LogP contribution in [0.4, 0.5) is 0 Å². The zero-order valence-corrected chi connectivity index (χ0v) is 12.5. The van der Waals surface area contributed by atoms with Gasteiger partial charge in [-0.3, -0.25) is 0 Å². The van der Waals surface area contributed by atoms with Crippen molar-refractivity contribution in [2.75, 3.05) is 27.2 Å². The van der Waals surface area contributed by atoms with Gasteiger partial charge in [0.15, 0.2) is 0 Å². The SMILES string of the molecule is CCCC(C)(CNC)CN(C)C(C)(C)CC. The minimum absolute atomic E-state index is 0.308. The zero-order valence-electron chi connectivity index (χ0n) is 12.5. The van der Waals surface area contributed by atoms with Crippen molar-refractivity contribution in [1.29, 1.82) is 0 Å². The first kappa shape index (κ1) is 15.9. The predicted octanol–water partition coefficient (Wildman–Crippen LogP) is 3.13. The summed E-state index contributed by atoms with van der Waals surface area (Å²) in [4.78, 5) is 2.51. The van der Waals surface area contributed by atoms with Crippen molar-refractivity contribution in [3.8, 4) is 0 Å². The maximum Gasteiger partial charge on any atom is 0.0147 e. The van der Waals surface area contributed by atoms with Crippen molar-refractivity contribution in [2.24, 2.45) is 5.41 Å². The first-order chi connectivity index (χ1) is 7.31. The Bertz CT molecular complexity index is 181. The Morgan fingerprint density at radius 2 is 1.69 bits per heavy atom. The second-order valence-corrected chi connectivity index (χ2v) is 6.11. The highest BCUT2D eigenvalue weighted by atomic mass is 15.2. The van der Waals surface area contributed by atoms with E-state index in [0.29, 0.717) is 11.0 Å². The second kappa shape index (κ2) is 6.61. The Labute approximate surface area is 103 Å². The van der Waals surface area contributed by atoms with E-state index in [4.69, 9.17) is 0 Å². The van der Waals surface area contributed by atoms with Crippen molar-refractivity contribution >= 4 is 0 Å². The molecule has 0 aliphatic carbocycles. The molecule has 0 aromatic rings. The van der Waals surface area contributed by atoms with Gasteiger partial charge in [-0.25, -0.2) is 0 Å². The van der Waals surface area contributed by atoms with E-state index in [0.717, 1.165) is 6.54 Å². The fourth-order valence-corrected chi connectivity index (χ4v) is 2.31. The molecule has 98 valence electrons. The van der Waals surface area contributed by atoms with Gasteiger partial charge in [0.25, 0.3) is 0 Å². The van der Waals surface area contributed by atoms with Gasteiger partial charge in [0.1, 0.15) is 0 Å². The van der Waals surface area contributed by atoms with E-state index in [9.17, 15) is 0 Å². The van der Waals surface area contributed by atoms with Crippen molar-refractivity contribution in [3.63, 3.8) is 0 Å². The summed E-state index contributed by atoms with van der Waals surface area (Å²) >= 11 is 0. The minimum Gasteiger partial charge on any atom is -0.319 e. The number of hydrogen-bond donors (Lipinski definition) is 1. The Morgan fingerprint density at radius 3 is 2.06 bits per heavy atom. The van der Waals surface area contributed by atoms with Gasteiger partial charge in [0.05, 0.1) is 0 Å². The molecule has 0 saturated heterocycles. The highest BCUT2D eigenvalue weighted by Gasteiger charge is 2.29. The largest absolute Gasteiger partial charge is 0.319 e. The third kappa shape index (κ3) is 4.84. The lowest BCUT2D eigenvalue weighted by Gasteiger charge is -2.41. The van der Waals surface area contributed by atoms with Crippen LogP contribution in [0.5, 0.6) is 0 Å². The van der Waals surface area contributed by atoms with E-state index >= 15 is 0 Å². The molecule has 0 amide bonds. The Balaban J connectivity index is 4.50. The molecule has 0 spiro atoms. The van der Waals surface area contributed by atoms with E-state index in [-0.39, 0.29) is 0 Å². The van der Waals surface area contributed by atoms with Crippen molar-refractivity contribution in [1.82, 2.24) is 10.2 Å². The summed E-state index contributed by atoms with van der Waals surface area (Å²) in [7, 11) is 4.31. The maximum atomic E-state index is 3.34. The summed E-state index contributed by atoms with van der Waals surface area (Å²) < 4.78 is 0. The predicted molar refractivity (Wildman–Crippen MR) is 73.9 cm³/mol. The van der Waals surface area contributed by atoms with Gasteiger partial charge in [0.2, 0.25) is 0 Å². The maximum absolute atomic E-state index is 3.34. The zero-order chi connectivity index (χ0) is 12.8. The van der Waals surface area contributed by atoms with Gasteiger partial charge in [-0.05, 0) is 46.2 Å². The van der Waals surface area contributed by atoms with Crippen molar-refractivity contribution in [2.45, 2.75) is 59.4 Å². The summed E-state index contributed by atoms with van der Waals surface area (Å²) in [5.74, 6) is 0. The van der Waals surface area contributed by atoms with Crippen LogP contribution in [0, 0.1) is 5.41 Å². The highest BCUT2D eigenvalue weighted by molar-refractivity contribution is 4.85. The molecule has 0 radical (unpaired) electrons. The standard InChI is InChI=1S/C14H32N2/c1-8-10-14(5,11-15-6)12-16(7)13(3,4)9-2/h15H,8-12H2,1-7H3. The van der Waals surface area contributed by atoms with Crippen LogP contribution in [0.2, 0.25) is 0 Å². The topological polar surface area (TPSA) is 15.3 Å². The molecule has 0 saturated carbocycles. The van der Waals surface area contributed by atoms with Gasteiger partial charge in [-0.2, -0.15) is 0 Å². The molecule has 16 heavy (non-hydrogen) atoms. The molecule has 0 aliphatic rings. The van der Waals surface area contributed by atoms with Crippen LogP contribution in [-0.2, 0) is 0 Å². The van der Waals surface area contributed by atoms with Gasteiger partial charge < -0.3 is 10.2 Å². The van der Waals surface area contributed by atoms with Crippen LogP contribution >= 0.6 is 0 Å². The Morgan fingerprint density at radius 1 is 1.12 bits per heavy atom. The molecule has 0 aromatic carbocycles. The van der Waals surface area contributed by atoms with Gasteiger partial charge in [-0.1, -0.05) is 27.2 Å². The van der Waals surface area contributed by atoms with Crippen LogP contribution in [0.15, 0.2) is 0 Å². The molecule has 0 fully saturated rings. The summed E-state index contributed by atoms with van der Waals surface area (Å²) in [6.45, 7) is 13.9. The fourth-order valence-electron chi connectivity index (χ4n) is 2.31. The van der Waals surface area contributed by atoms with Crippen LogP contribution in [0.1, 0.15) is 53.9 Å².